The first-order chi connectivity index (χ1) is 18.3. The average molecular weight is 552 g/mol. The maximum atomic E-state index is 13.2. The number of nitrogens with one attached hydrogen (secondary N) is 1. The zero-order chi connectivity index (χ0) is 28.6. The topological polar surface area (TPSA) is 73.9 Å². The second-order valence-corrected chi connectivity index (χ2v) is 18.3. The van der Waals surface area contributed by atoms with Gasteiger partial charge in [0.25, 0.3) is 0 Å². The minimum Gasteiger partial charge on any atom is -0.496 e. The summed E-state index contributed by atoms with van der Waals surface area (Å²) >= 11 is 0. The predicted octanol–water partition coefficient (Wildman–Crippen LogP) is 6.66. The number of alkyl carbamates (subject to hydrolysis) is 1. The van der Waals surface area contributed by atoms with Crippen molar-refractivity contribution in [2.24, 2.45) is 5.41 Å². The van der Waals surface area contributed by atoms with E-state index >= 15 is 0 Å². The molecule has 0 spiro atoms. The van der Waals surface area contributed by atoms with E-state index in [4.69, 9.17) is 14.2 Å². The van der Waals surface area contributed by atoms with Crippen molar-refractivity contribution >= 4 is 25.3 Å². The van der Waals surface area contributed by atoms with Gasteiger partial charge in [-0.05, 0) is 59.5 Å². The number of amides is 1. The van der Waals surface area contributed by atoms with E-state index in [2.05, 4.69) is 64.3 Å². The second kappa shape index (κ2) is 11.0. The third kappa shape index (κ3) is 5.74. The lowest BCUT2D eigenvalue weighted by molar-refractivity contribution is 0.0535. The third-order valence-corrected chi connectivity index (χ3v) is 14.8. The van der Waals surface area contributed by atoms with Crippen LogP contribution in [0.2, 0.25) is 18.1 Å². The maximum Gasteiger partial charge on any atom is 0.407 e. The lowest BCUT2D eigenvalue weighted by Gasteiger charge is -2.40. The molecule has 0 saturated heterocycles. The Labute approximate surface area is 234 Å². The highest BCUT2D eigenvalue weighted by molar-refractivity contribution is 6.93. The van der Waals surface area contributed by atoms with Gasteiger partial charge in [0.05, 0.1) is 20.7 Å². The fourth-order valence-electron chi connectivity index (χ4n) is 5.89. The molecule has 1 aliphatic heterocycles. The average Bonchev–Trinajstić information content (AvgIpc) is 3.53. The Morgan fingerprint density at radius 1 is 1.26 bits per heavy atom. The van der Waals surface area contributed by atoms with Crippen LogP contribution < -0.4 is 15.2 Å². The summed E-state index contributed by atoms with van der Waals surface area (Å²) in [6.45, 7) is 16.3. The van der Waals surface area contributed by atoms with Gasteiger partial charge in [-0.1, -0.05) is 71.2 Å². The Morgan fingerprint density at radius 2 is 2.00 bits per heavy atom. The van der Waals surface area contributed by atoms with Gasteiger partial charge in [-0.2, -0.15) is 0 Å². The molecule has 2 aliphatic carbocycles. The number of carbonyl (C=O) groups is 2. The first kappa shape index (κ1) is 29.2. The summed E-state index contributed by atoms with van der Waals surface area (Å²) in [5.41, 5.74) is 4.57. The monoisotopic (exact) mass is 551 g/mol. The van der Waals surface area contributed by atoms with E-state index < -0.39 is 20.3 Å². The number of hydrogen-bond acceptors (Lipinski definition) is 5. The van der Waals surface area contributed by atoms with Crippen molar-refractivity contribution in [3.05, 3.63) is 58.2 Å². The van der Waals surface area contributed by atoms with Crippen LogP contribution in [0.25, 0.3) is 0 Å². The summed E-state index contributed by atoms with van der Waals surface area (Å²) in [5, 5.41) is 4.07. The molecule has 3 aliphatic rings. The van der Waals surface area contributed by atoms with E-state index in [1.807, 2.05) is 19.1 Å². The van der Waals surface area contributed by atoms with Crippen LogP contribution in [0.5, 0.6) is 5.75 Å². The van der Waals surface area contributed by atoms with Gasteiger partial charge in [-0.25, -0.2) is 9.59 Å². The maximum absolute atomic E-state index is 13.2. The largest absolute Gasteiger partial charge is 0.496 e. The van der Waals surface area contributed by atoms with Crippen molar-refractivity contribution in [1.29, 1.82) is 0 Å². The molecule has 0 unspecified atom stereocenters. The Morgan fingerprint density at radius 3 is 2.59 bits per heavy atom. The number of esters is 1. The summed E-state index contributed by atoms with van der Waals surface area (Å²) in [6.07, 6.45) is 13.9. The lowest BCUT2D eigenvalue weighted by atomic mass is 9.84. The fourth-order valence-corrected chi connectivity index (χ4v) is 8.49. The molecule has 1 amide bonds. The molecular weight excluding hydrogens is 506 g/mol. The summed E-state index contributed by atoms with van der Waals surface area (Å²) in [5.74, 6) is 0.529. The van der Waals surface area contributed by atoms with E-state index in [9.17, 15) is 9.59 Å². The summed E-state index contributed by atoms with van der Waals surface area (Å²) in [4.78, 5) is 26.4. The van der Waals surface area contributed by atoms with Gasteiger partial charge in [0, 0.05) is 23.9 Å². The number of hydrogen-bond donors (Lipinski definition) is 1. The molecule has 0 bridgehead atoms. The van der Waals surface area contributed by atoms with Gasteiger partial charge in [-0.15, -0.1) is 0 Å². The molecule has 0 aromatic heterocycles. The molecule has 0 saturated carbocycles. The van der Waals surface area contributed by atoms with Gasteiger partial charge in [0.1, 0.15) is 18.5 Å². The van der Waals surface area contributed by atoms with Crippen LogP contribution >= 0.6 is 0 Å². The number of cyclic esters (lactones) is 1. The number of ether oxygens (including phenoxy) is 3. The van der Waals surface area contributed by atoms with Crippen LogP contribution in [0.3, 0.4) is 0 Å². The summed E-state index contributed by atoms with van der Waals surface area (Å²) < 4.78 is 17.8. The minimum absolute atomic E-state index is 0.0313. The number of allylic oxidation sites excluding steroid dienone is 4. The van der Waals surface area contributed by atoms with Crippen LogP contribution in [0.15, 0.2) is 36.0 Å². The van der Waals surface area contributed by atoms with Crippen molar-refractivity contribution < 1.29 is 23.8 Å². The molecular formula is C32H45NO5Si. The van der Waals surface area contributed by atoms with Crippen LogP contribution in [-0.2, 0) is 22.5 Å². The highest BCUT2D eigenvalue weighted by Crippen LogP contribution is 2.42. The van der Waals surface area contributed by atoms with Gasteiger partial charge in [0.2, 0.25) is 0 Å². The quantitative estimate of drug-likeness (QED) is 0.222. The van der Waals surface area contributed by atoms with Gasteiger partial charge in [0.15, 0.2) is 0 Å². The highest BCUT2D eigenvalue weighted by Gasteiger charge is 2.45. The summed E-state index contributed by atoms with van der Waals surface area (Å²) in [7, 11) is -0.569. The van der Waals surface area contributed by atoms with Crippen molar-refractivity contribution in [3.8, 4) is 5.75 Å². The van der Waals surface area contributed by atoms with Crippen molar-refractivity contribution in [1.82, 2.24) is 5.32 Å². The number of rotatable bonds is 8. The Kier molecular flexibility index (Phi) is 8.22. The first-order valence-corrected chi connectivity index (χ1v) is 17.2. The van der Waals surface area contributed by atoms with E-state index in [-0.39, 0.29) is 23.0 Å². The number of methoxy groups -OCH3 is 1. The molecule has 212 valence electrons. The van der Waals surface area contributed by atoms with E-state index in [0.29, 0.717) is 18.5 Å². The van der Waals surface area contributed by atoms with Crippen LogP contribution in [0.4, 0.5) is 4.79 Å². The normalized spacial score (nSPS) is 21.3. The lowest BCUT2D eigenvalue weighted by Crippen LogP contribution is -2.54. The van der Waals surface area contributed by atoms with Crippen molar-refractivity contribution in [3.63, 3.8) is 0 Å². The molecule has 1 N–H and O–H groups in total. The minimum atomic E-state index is -2.26. The standard InChI is InChI=1S/C32H45NO5Si/c1-21-24-19-37-29(34)26(24)28(39(7,8)31(2,3)4)23(27(21)36-6)18-25(22-14-10-11-15-22)38-30(35)33-20-32(5)16-12-9-13-17-32/h9,12-14,16,25H,10-11,15,17-20H2,1-8H3,(H,33,35)/t25-,32-/m0/s1. The Balaban J connectivity index is 1.74. The molecule has 0 radical (unpaired) electrons. The van der Waals surface area contributed by atoms with Gasteiger partial charge < -0.3 is 19.5 Å². The van der Waals surface area contributed by atoms with Crippen molar-refractivity contribution in [2.75, 3.05) is 13.7 Å². The molecule has 2 atom stereocenters. The Hall–Kier alpha value is -2.80. The van der Waals surface area contributed by atoms with E-state index in [0.717, 1.165) is 58.9 Å². The van der Waals surface area contributed by atoms with E-state index in [1.165, 1.54) is 0 Å². The smallest absolute Gasteiger partial charge is 0.407 e. The molecule has 1 aromatic rings. The first-order valence-electron chi connectivity index (χ1n) is 14.2. The molecule has 39 heavy (non-hydrogen) atoms. The third-order valence-electron chi connectivity index (χ3n) is 9.27. The number of fused-ring (bicyclic) bond motifs is 1. The van der Waals surface area contributed by atoms with Crippen molar-refractivity contribution in [2.45, 2.75) is 97.6 Å². The second-order valence-electron chi connectivity index (χ2n) is 13.1. The van der Waals surface area contributed by atoms with Crippen LogP contribution in [-0.4, -0.2) is 39.9 Å². The predicted molar refractivity (Wildman–Crippen MR) is 159 cm³/mol. The van der Waals surface area contributed by atoms with Crippen LogP contribution in [0, 0.1) is 12.3 Å². The highest BCUT2D eigenvalue weighted by atomic mass is 28.3. The SMILES string of the molecule is COc1c(C)c2c(c([Si](C)(C)C(C)(C)C)c1C[C@H](OC(=O)NC[C@@]1(C)C=CC=CC1)C1=CCCC1)C(=O)OC2. The molecule has 0 fully saturated rings. The molecule has 1 aromatic carbocycles. The van der Waals surface area contributed by atoms with Crippen LogP contribution in [0.1, 0.15) is 80.4 Å². The fraction of sp³-hybridized carbons (Fsp3) is 0.562. The Bertz CT molecular complexity index is 1240. The van der Waals surface area contributed by atoms with Gasteiger partial charge >= 0.3 is 12.1 Å². The molecule has 1 heterocycles. The zero-order valence-electron chi connectivity index (χ0n) is 25.0. The molecule has 6 nitrogen and oxygen atoms in total. The summed E-state index contributed by atoms with van der Waals surface area (Å²) in [6, 6.07) is 0. The number of benzene rings is 1. The number of carbonyl (C=O) groups excluding carboxylic acids is 2. The molecule has 4 rings (SSSR count). The zero-order valence-corrected chi connectivity index (χ0v) is 26.0. The van der Waals surface area contributed by atoms with Gasteiger partial charge in [-0.3, -0.25) is 0 Å². The molecule has 7 heteroatoms. The van der Waals surface area contributed by atoms with E-state index in [1.54, 1.807) is 7.11 Å².